The second-order valence-electron chi connectivity index (χ2n) is 8.61. The Morgan fingerprint density at radius 3 is 2.40 bits per heavy atom. The highest BCUT2D eigenvalue weighted by Gasteiger charge is 2.35. The van der Waals surface area contributed by atoms with Gasteiger partial charge in [-0.15, -0.1) is 0 Å². The maximum absolute atomic E-state index is 13.2. The molecule has 5 rings (SSSR count). The van der Waals surface area contributed by atoms with E-state index in [1.54, 1.807) is 7.11 Å². The second-order valence-corrected chi connectivity index (χ2v) is 8.61. The molecule has 0 radical (unpaired) electrons. The zero-order valence-electron chi connectivity index (χ0n) is 17.3. The van der Waals surface area contributed by atoms with Crippen molar-refractivity contribution in [2.75, 3.05) is 7.11 Å². The fourth-order valence-electron chi connectivity index (χ4n) is 4.34. The molecular weight excluding hydrogens is 374 g/mol. The van der Waals surface area contributed by atoms with Crippen LogP contribution < -0.4 is 4.74 Å². The number of hydrogen-bond donors (Lipinski definition) is 0. The van der Waals surface area contributed by atoms with E-state index in [0.29, 0.717) is 12.0 Å². The summed E-state index contributed by atoms with van der Waals surface area (Å²) in [6.45, 7) is 4.26. The minimum Gasteiger partial charge on any atom is -0.497 e. The first-order valence-electron chi connectivity index (χ1n) is 10.1. The average Bonchev–Trinajstić information content (AvgIpc) is 3.15. The summed E-state index contributed by atoms with van der Waals surface area (Å²) in [6, 6.07) is 17.9. The number of Topliss-reactive ketones (excluding diaryl/α,β-unsaturated/α-hetero) is 1. The number of methoxy groups -OCH3 is 1. The van der Waals surface area contributed by atoms with E-state index < -0.39 is 0 Å². The first-order valence-corrected chi connectivity index (χ1v) is 10.1. The normalized spacial score (nSPS) is 15.2. The van der Waals surface area contributed by atoms with Crippen molar-refractivity contribution in [3.05, 3.63) is 72.1 Å². The van der Waals surface area contributed by atoms with Gasteiger partial charge < -0.3 is 4.74 Å². The largest absolute Gasteiger partial charge is 0.497 e. The number of rotatable bonds is 3. The van der Waals surface area contributed by atoms with Gasteiger partial charge in [-0.3, -0.25) is 4.79 Å². The molecule has 0 saturated carbocycles. The summed E-state index contributed by atoms with van der Waals surface area (Å²) in [5.41, 5.74) is 5.98. The van der Waals surface area contributed by atoms with Crippen molar-refractivity contribution in [3.8, 4) is 28.1 Å². The molecule has 2 aromatic heterocycles. The standard InChI is InChI=1S/C25H23N3O2/c1-25(2)13-20-22(21(29)14-25)23(17-7-5-4-6-8-17)28-24(27-20)19(15-26-28)16-9-11-18(30-3)12-10-16/h4-12,15H,13-14H2,1-3H3. The fourth-order valence-corrected chi connectivity index (χ4v) is 4.34. The molecule has 0 N–H and O–H groups in total. The van der Waals surface area contributed by atoms with Gasteiger partial charge >= 0.3 is 0 Å². The highest BCUT2D eigenvalue weighted by molar-refractivity contribution is 6.04. The van der Waals surface area contributed by atoms with Crippen LogP contribution in [0.15, 0.2) is 60.8 Å². The van der Waals surface area contributed by atoms with Crippen molar-refractivity contribution in [2.45, 2.75) is 26.7 Å². The third-order valence-electron chi connectivity index (χ3n) is 5.73. The van der Waals surface area contributed by atoms with Crippen molar-refractivity contribution in [1.82, 2.24) is 14.6 Å². The Labute approximate surface area is 175 Å². The number of nitrogens with zero attached hydrogens (tertiary/aromatic N) is 3. The number of carbonyl (C=O) groups is 1. The molecule has 5 heteroatoms. The van der Waals surface area contributed by atoms with Gasteiger partial charge in [-0.1, -0.05) is 56.3 Å². The van der Waals surface area contributed by atoms with Gasteiger partial charge in [0.15, 0.2) is 11.4 Å². The molecule has 2 heterocycles. The van der Waals surface area contributed by atoms with Crippen molar-refractivity contribution in [1.29, 1.82) is 0 Å². The van der Waals surface area contributed by atoms with Crippen LogP contribution in [0, 0.1) is 5.41 Å². The molecule has 1 aliphatic carbocycles. The maximum atomic E-state index is 13.2. The first-order chi connectivity index (χ1) is 14.5. The molecule has 0 atom stereocenters. The van der Waals surface area contributed by atoms with Gasteiger partial charge in [-0.25, -0.2) is 9.50 Å². The van der Waals surface area contributed by atoms with Crippen LogP contribution in [0.1, 0.15) is 36.3 Å². The molecule has 0 saturated heterocycles. The number of ketones is 1. The first kappa shape index (κ1) is 18.6. The lowest BCUT2D eigenvalue weighted by atomic mass is 9.75. The molecule has 5 nitrogen and oxygen atoms in total. The molecule has 0 fully saturated rings. The van der Waals surface area contributed by atoms with Crippen LogP contribution in [0.5, 0.6) is 5.75 Å². The van der Waals surface area contributed by atoms with E-state index >= 15 is 0 Å². The Morgan fingerprint density at radius 2 is 1.70 bits per heavy atom. The molecule has 150 valence electrons. The Kier molecular flexibility index (Phi) is 4.21. The molecule has 1 aliphatic rings. The van der Waals surface area contributed by atoms with E-state index in [4.69, 9.17) is 9.72 Å². The number of aromatic nitrogens is 3. The summed E-state index contributed by atoms with van der Waals surface area (Å²) >= 11 is 0. The lowest BCUT2D eigenvalue weighted by molar-refractivity contribution is 0.0910. The number of ether oxygens (including phenoxy) is 1. The predicted octanol–water partition coefficient (Wildman–Crippen LogP) is 5.23. The smallest absolute Gasteiger partial charge is 0.167 e. The Morgan fingerprint density at radius 1 is 0.967 bits per heavy atom. The van der Waals surface area contributed by atoms with Crippen LogP contribution in [0.4, 0.5) is 0 Å². The van der Waals surface area contributed by atoms with Crippen LogP contribution in [0.25, 0.3) is 28.0 Å². The van der Waals surface area contributed by atoms with E-state index in [9.17, 15) is 4.79 Å². The lowest BCUT2D eigenvalue weighted by Crippen LogP contribution is -2.29. The van der Waals surface area contributed by atoms with Crippen LogP contribution in [0.3, 0.4) is 0 Å². The summed E-state index contributed by atoms with van der Waals surface area (Å²) in [4.78, 5) is 18.2. The van der Waals surface area contributed by atoms with Gasteiger partial charge in [-0.05, 0) is 29.5 Å². The summed E-state index contributed by atoms with van der Waals surface area (Å²) in [5.74, 6) is 0.939. The van der Waals surface area contributed by atoms with Crippen LogP contribution >= 0.6 is 0 Å². The summed E-state index contributed by atoms with van der Waals surface area (Å²) in [6.07, 6.45) is 3.11. The van der Waals surface area contributed by atoms with E-state index in [1.807, 2.05) is 65.3 Å². The van der Waals surface area contributed by atoms with Crippen molar-refractivity contribution in [3.63, 3.8) is 0 Å². The SMILES string of the molecule is COc1ccc(-c2cnn3c(-c4ccccc4)c4c(nc23)CC(C)(C)CC4=O)cc1. The molecule has 2 aromatic carbocycles. The van der Waals surface area contributed by atoms with E-state index in [2.05, 4.69) is 18.9 Å². The molecule has 0 bridgehead atoms. The van der Waals surface area contributed by atoms with Crippen LogP contribution in [-0.4, -0.2) is 27.5 Å². The molecule has 30 heavy (non-hydrogen) atoms. The van der Waals surface area contributed by atoms with Gasteiger partial charge in [0.2, 0.25) is 0 Å². The van der Waals surface area contributed by atoms with Crippen molar-refractivity contribution < 1.29 is 9.53 Å². The lowest BCUT2D eigenvalue weighted by Gasteiger charge is -2.30. The third-order valence-corrected chi connectivity index (χ3v) is 5.73. The zero-order valence-corrected chi connectivity index (χ0v) is 17.3. The minimum absolute atomic E-state index is 0.107. The number of fused-ring (bicyclic) bond motifs is 2. The van der Waals surface area contributed by atoms with Gasteiger partial charge in [0.25, 0.3) is 0 Å². The molecule has 0 amide bonds. The maximum Gasteiger partial charge on any atom is 0.167 e. The second kappa shape index (κ2) is 6.80. The summed E-state index contributed by atoms with van der Waals surface area (Å²) in [7, 11) is 1.66. The van der Waals surface area contributed by atoms with E-state index in [-0.39, 0.29) is 11.2 Å². The Bertz CT molecular complexity index is 1260. The number of hydrogen-bond acceptors (Lipinski definition) is 4. The fraction of sp³-hybridized carbons (Fsp3) is 0.240. The van der Waals surface area contributed by atoms with E-state index in [1.165, 1.54) is 0 Å². The average molecular weight is 397 g/mol. The van der Waals surface area contributed by atoms with Gasteiger partial charge in [0.1, 0.15) is 5.75 Å². The molecule has 0 aliphatic heterocycles. The highest BCUT2D eigenvalue weighted by Crippen LogP contribution is 2.39. The number of carbonyl (C=O) groups excluding carboxylic acids is 1. The summed E-state index contributed by atoms with van der Waals surface area (Å²) < 4.78 is 7.11. The molecule has 0 unspecified atom stereocenters. The Balaban J connectivity index is 1.81. The van der Waals surface area contributed by atoms with Gasteiger partial charge in [0.05, 0.1) is 30.3 Å². The van der Waals surface area contributed by atoms with Crippen molar-refractivity contribution in [2.24, 2.45) is 5.41 Å². The minimum atomic E-state index is -0.107. The van der Waals surface area contributed by atoms with E-state index in [0.717, 1.165) is 45.9 Å². The van der Waals surface area contributed by atoms with Gasteiger partial charge in [0, 0.05) is 17.5 Å². The monoisotopic (exact) mass is 397 g/mol. The molecular formula is C25H23N3O2. The molecule has 4 aromatic rings. The highest BCUT2D eigenvalue weighted by atomic mass is 16.5. The quantitative estimate of drug-likeness (QED) is 0.475. The third kappa shape index (κ3) is 2.98. The topological polar surface area (TPSA) is 56.5 Å². The van der Waals surface area contributed by atoms with Crippen molar-refractivity contribution >= 4 is 11.4 Å². The zero-order chi connectivity index (χ0) is 20.9. The van der Waals surface area contributed by atoms with Gasteiger partial charge in [-0.2, -0.15) is 5.10 Å². The summed E-state index contributed by atoms with van der Waals surface area (Å²) in [5, 5.41) is 4.66. The number of benzene rings is 2. The Hall–Kier alpha value is -3.47. The molecule has 0 spiro atoms. The van der Waals surface area contributed by atoms with Crippen LogP contribution in [-0.2, 0) is 6.42 Å². The van der Waals surface area contributed by atoms with Crippen LogP contribution in [0.2, 0.25) is 0 Å². The predicted molar refractivity (Wildman–Crippen MR) is 117 cm³/mol.